The summed E-state index contributed by atoms with van der Waals surface area (Å²) in [6.07, 6.45) is 3.39. The fraction of sp³-hybridized carbons (Fsp3) is 0.400. The molecule has 0 unspecified atom stereocenters. The van der Waals surface area contributed by atoms with E-state index in [1.54, 1.807) is 0 Å². The summed E-state index contributed by atoms with van der Waals surface area (Å²) in [4.78, 5) is 17.6. The summed E-state index contributed by atoms with van der Waals surface area (Å²) in [6.45, 7) is 2.89. The van der Waals surface area contributed by atoms with Gasteiger partial charge in [-0.3, -0.25) is 0 Å². The molecule has 0 atom stereocenters. The molecule has 2 aliphatic heterocycles. The molecule has 0 bridgehead atoms. The van der Waals surface area contributed by atoms with Crippen molar-refractivity contribution in [2.75, 3.05) is 35.2 Å². The molecule has 1 aromatic heterocycles. The Kier molecular flexibility index (Phi) is 2.87. The van der Waals surface area contributed by atoms with Crippen LogP contribution in [0.1, 0.15) is 18.4 Å². The van der Waals surface area contributed by atoms with Gasteiger partial charge in [0, 0.05) is 25.3 Å². The van der Waals surface area contributed by atoms with Crippen molar-refractivity contribution in [1.29, 1.82) is 0 Å². The Bertz CT molecular complexity index is 665. The highest BCUT2D eigenvalue weighted by atomic mass is 15.4. The molecule has 2 N–H and O–H groups in total. The molecule has 3 heterocycles. The van der Waals surface area contributed by atoms with Crippen LogP contribution < -0.4 is 15.5 Å². The van der Waals surface area contributed by atoms with Crippen molar-refractivity contribution in [1.82, 2.24) is 15.0 Å². The van der Waals surface area contributed by atoms with Crippen LogP contribution in [0.4, 0.5) is 23.5 Å². The van der Waals surface area contributed by atoms with Crippen molar-refractivity contribution < 1.29 is 0 Å². The second kappa shape index (κ2) is 4.87. The minimum atomic E-state index is 0.297. The molecule has 0 amide bonds. The lowest BCUT2D eigenvalue weighted by molar-refractivity contribution is 0.861. The van der Waals surface area contributed by atoms with E-state index in [0.717, 1.165) is 26.1 Å². The normalized spacial score (nSPS) is 17.3. The maximum absolute atomic E-state index is 5.90. The summed E-state index contributed by atoms with van der Waals surface area (Å²) in [5, 5.41) is 0. The van der Waals surface area contributed by atoms with E-state index in [9.17, 15) is 0 Å². The Morgan fingerprint density at radius 2 is 1.67 bits per heavy atom. The van der Waals surface area contributed by atoms with Crippen LogP contribution in [-0.2, 0) is 6.42 Å². The third-order valence-electron chi connectivity index (χ3n) is 4.15. The first kappa shape index (κ1) is 12.4. The fourth-order valence-electron chi connectivity index (χ4n) is 3.09. The predicted molar refractivity (Wildman–Crippen MR) is 82.8 cm³/mol. The number of para-hydroxylation sites is 1. The molecule has 108 valence electrons. The summed E-state index contributed by atoms with van der Waals surface area (Å²) < 4.78 is 0. The molecule has 0 spiro atoms. The van der Waals surface area contributed by atoms with Gasteiger partial charge in [0.15, 0.2) is 0 Å². The van der Waals surface area contributed by atoms with Crippen LogP contribution in [0.2, 0.25) is 0 Å². The maximum Gasteiger partial charge on any atom is 0.236 e. The summed E-state index contributed by atoms with van der Waals surface area (Å²) >= 11 is 0. The molecule has 2 aliphatic rings. The molecule has 0 saturated carbocycles. The number of aromatic nitrogens is 3. The number of nitrogen functional groups attached to an aromatic ring is 1. The van der Waals surface area contributed by atoms with Gasteiger partial charge >= 0.3 is 0 Å². The zero-order valence-corrected chi connectivity index (χ0v) is 11.9. The maximum atomic E-state index is 5.90. The van der Waals surface area contributed by atoms with Crippen molar-refractivity contribution in [2.45, 2.75) is 19.3 Å². The highest BCUT2D eigenvalue weighted by Crippen LogP contribution is 2.33. The van der Waals surface area contributed by atoms with E-state index in [4.69, 9.17) is 5.73 Å². The van der Waals surface area contributed by atoms with Crippen LogP contribution >= 0.6 is 0 Å². The second-order valence-corrected chi connectivity index (χ2v) is 5.52. The van der Waals surface area contributed by atoms with Gasteiger partial charge in [-0.05, 0) is 30.9 Å². The Balaban J connectivity index is 1.72. The Labute approximate surface area is 123 Å². The first-order valence-electron chi connectivity index (χ1n) is 7.43. The van der Waals surface area contributed by atoms with Crippen LogP contribution in [-0.4, -0.2) is 34.6 Å². The Morgan fingerprint density at radius 3 is 2.52 bits per heavy atom. The number of fused-ring (bicyclic) bond motifs is 1. The predicted octanol–water partition coefficient (Wildman–Crippen LogP) is 1.75. The number of hydrogen-bond donors (Lipinski definition) is 1. The minimum absolute atomic E-state index is 0.297. The largest absolute Gasteiger partial charge is 0.368 e. The van der Waals surface area contributed by atoms with Gasteiger partial charge in [-0.1, -0.05) is 18.2 Å². The highest BCUT2D eigenvalue weighted by Gasteiger charge is 2.24. The number of rotatable bonds is 2. The van der Waals surface area contributed by atoms with Crippen LogP contribution in [0.25, 0.3) is 0 Å². The number of hydrogen-bond acceptors (Lipinski definition) is 6. The van der Waals surface area contributed by atoms with Crippen LogP contribution in [0.3, 0.4) is 0 Å². The molecule has 1 aromatic carbocycles. The fourth-order valence-corrected chi connectivity index (χ4v) is 3.09. The quantitative estimate of drug-likeness (QED) is 0.905. The Morgan fingerprint density at radius 1 is 0.905 bits per heavy atom. The molecule has 4 rings (SSSR count). The van der Waals surface area contributed by atoms with Gasteiger partial charge < -0.3 is 15.5 Å². The number of nitrogens with two attached hydrogens (primary N) is 1. The van der Waals surface area contributed by atoms with E-state index < -0.39 is 0 Å². The molecule has 1 saturated heterocycles. The van der Waals surface area contributed by atoms with Gasteiger partial charge in [0.2, 0.25) is 17.8 Å². The van der Waals surface area contributed by atoms with Crippen molar-refractivity contribution >= 4 is 23.5 Å². The van der Waals surface area contributed by atoms with Crippen molar-refractivity contribution in [3.63, 3.8) is 0 Å². The summed E-state index contributed by atoms with van der Waals surface area (Å²) in [7, 11) is 0. The first-order valence-corrected chi connectivity index (χ1v) is 7.43. The third-order valence-corrected chi connectivity index (χ3v) is 4.15. The first-order chi connectivity index (χ1) is 10.3. The average molecular weight is 282 g/mol. The van der Waals surface area contributed by atoms with Crippen LogP contribution in [0, 0.1) is 0 Å². The molecule has 0 radical (unpaired) electrons. The molecular weight excluding hydrogens is 264 g/mol. The van der Waals surface area contributed by atoms with Crippen LogP contribution in [0.15, 0.2) is 24.3 Å². The summed E-state index contributed by atoms with van der Waals surface area (Å²) in [5.74, 6) is 1.67. The molecule has 2 aromatic rings. The zero-order chi connectivity index (χ0) is 14.2. The van der Waals surface area contributed by atoms with E-state index in [0.29, 0.717) is 17.8 Å². The van der Waals surface area contributed by atoms with E-state index in [2.05, 4.69) is 43.0 Å². The highest BCUT2D eigenvalue weighted by molar-refractivity contribution is 5.66. The van der Waals surface area contributed by atoms with E-state index in [1.807, 2.05) is 6.07 Å². The smallest absolute Gasteiger partial charge is 0.236 e. The standard InChI is InChI=1S/C15H18N6/c16-13-17-14(20-8-3-4-9-20)19-15(18-13)21-10-7-11-5-1-2-6-12(11)21/h1-2,5-6H,3-4,7-10H2,(H2,16,17,18,19). The summed E-state index contributed by atoms with van der Waals surface area (Å²) in [6, 6.07) is 8.38. The van der Waals surface area contributed by atoms with E-state index in [-0.39, 0.29) is 0 Å². The average Bonchev–Trinajstić information content (AvgIpc) is 3.16. The number of anilines is 4. The Hall–Kier alpha value is -2.37. The summed E-state index contributed by atoms with van der Waals surface area (Å²) in [5.41, 5.74) is 8.41. The van der Waals surface area contributed by atoms with Gasteiger partial charge in [0.05, 0.1) is 0 Å². The van der Waals surface area contributed by atoms with Gasteiger partial charge in [0.1, 0.15) is 0 Å². The monoisotopic (exact) mass is 282 g/mol. The van der Waals surface area contributed by atoms with Crippen molar-refractivity contribution in [2.24, 2.45) is 0 Å². The van der Waals surface area contributed by atoms with E-state index >= 15 is 0 Å². The zero-order valence-electron chi connectivity index (χ0n) is 11.9. The topological polar surface area (TPSA) is 71.2 Å². The molecule has 21 heavy (non-hydrogen) atoms. The number of nitrogens with zero attached hydrogens (tertiary/aromatic N) is 5. The van der Waals surface area contributed by atoms with Gasteiger partial charge in [-0.15, -0.1) is 0 Å². The third kappa shape index (κ3) is 2.16. The van der Waals surface area contributed by atoms with Gasteiger partial charge in [-0.25, -0.2) is 0 Å². The van der Waals surface area contributed by atoms with Crippen molar-refractivity contribution in [3.05, 3.63) is 29.8 Å². The van der Waals surface area contributed by atoms with Crippen molar-refractivity contribution in [3.8, 4) is 0 Å². The lowest BCUT2D eigenvalue weighted by atomic mass is 10.2. The minimum Gasteiger partial charge on any atom is -0.368 e. The van der Waals surface area contributed by atoms with E-state index in [1.165, 1.54) is 24.1 Å². The van der Waals surface area contributed by atoms with Gasteiger partial charge in [-0.2, -0.15) is 15.0 Å². The lowest BCUT2D eigenvalue weighted by Crippen LogP contribution is -2.24. The number of benzene rings is 1. The lowest BCUT2D eigenvalue weighted by Gasteiger charge is -2.20. The second-order valence-electron chi connectivity index (χ2n) is 5.52. The van der Waals surface area contributed by atoms with Gasteiger partial charge in [0.25, 0.3) is 0 Å². The van der Waals surface area contributed by atoms with Crippen LogP contribution in [0.5, 0.6) is 0 Å². The molecule has 1 fully saturated rings. The molecule has 6 nitrogen and oxygen atoms in total. The molecule has 0 aliphatic carbocycles. The SMILES string of the molecule is Nc1nc(N2CCCC2)nc(N2CCc3ccccc32)n1. The molecule has 6 heteroatoms. The molecular formula is C15H18N6.